The molecule has 27 heavy (non-hydrogen) atoms. The molecule has 5 heteroatoms. The molecule has 0 amide bonds. The third-order valence-corrected chi connectivity index (χ3v) is 5.07. The van der Waals surface area contributed by atoms with Crippen molar-refractivity contribution >= 4 is 17.2 Å². The van der Waals surface area contributed by atoms with Crippen LogP contribution in [0.2, 0.25) is 0 Å². The summed E-state index contributed by atoms with van der Waals surface area (Å²) in [7, 11) is 0. The minimum Gasteiger partial charge on any atom is -0.348 e. The summed E-state index contributed by atoms with van der Waals surface area (Å²) in [6.45, 7) is 5.87. The van der Waals surface area contributed by atoms with Gasteiger partial charge >= 0.3 is 0 Å². The number of hydrogen-bond donors (Lipinski definition) is 0. The lowest BCUT2D eigenvalue weighted by Gasteiger charge is -2.29. The lowest BCUT2D eigenvalue weighted by molar-refractivity contribution is -0.143. The van der Waals surface area contributed by atoms with Crippen LogP contribution in [0.5, 0.6) is 0 Å². The zero-order valence-corrected chi connectivity index (χ0v) is 15.8. The summed E-state index contributed by atoms with van der Waals surface area (Å²) in [6, 6.07) is 19.4. The Morgan fingerprint density at radius 1 is 1.07 bits per heavy atom. The highest BCUT2D eigenvalue weighted by atomic mass is 16.7. The first-order chi connectivity index (χ1) is 13.0. The van der Waals surface area contributed by atoms with Gasteiger partial charge in [-0.1, -0.05) is 48.5 Å². The molecule has 5 nitrogen and oxygen atoms in total. The molecule has 0 aromatic heterocycles. The number of carbonyl (C=O) groups excluding carboxylic acids is 1. The van der Waals surface area contributed by atoms with E-state index in [4.69, 9.17) is 14.6 Å². The fraction of sp³-hybridized carbons (Fsp3) is 0.364. The Labute approximate surface area is 159 Å². The number of benzene rings is 2. The second-order valence-corrected chi connectivity index (χ2v) is 7.48. The number of rotatable bonds is 4. The highest BCUT2D eigenvalue weighted by molar-refractivity contribution is 6.09. The van der Waals surface area contributed by atoms with E-state index in [1.807, 2.05) is 79.5 Å². The average Bonchev–Trinajstić information content (AvgIpc) is 3.23. The minimum absolute atomic E-state index is 0.0619. The first-order valence-corrected chi connectivity index (χ1v) is 9.27. The third-order valence-electron chi connectivity index (χ3n) is 5.07. The third kappa shape index (κ3) is 3.40. The van der Waals surface area contributed by atoms with Gasteiger partial charge in [0.05, 0.1) is 30.0 Å². The molecule has 0 spiro atoms. The van der Waals surface area contributed by atoms with Gasteiger partial charge in [-0.15, -0.1) is 0 Å². The second kappa shape index (κ2) is 6.91. The van der Waals surface area contributed by atoms with Gasteiger partial charge in [0.25, 0.3) is 0 Å². The Morgan fingerprint density at radius 2 is 1.70 bits per heavy atom. The molecule has 0 bridgehead atoms. The van der Waals surface area contributed by atoms with Crippen molar-refractivity contribution in [2.24, 2.45) is 11.0 Å². The zero-order chi connectivity index (χ0) is 19.0. The molecule has 0 unspecified atom stereocenters. The SMILES string of the molecule is CC(=O)[C@@H]1[C@@H]([C@H]2COC(C)(C)O2)C(c2ccccc2)=NN1c1ccccc1. The van der Waals surface area contributed by atoms with Crippen molar-refractivity contribution in [3.8, 4) is 0 Å². The topological polar surface area (TPSA) is 51.1 Å². The molecule has 2 aromatic rings. The molecule has 1 saturated heterocycles. The van der Waals surface area contributed by atoms with Crippen molar-refractivity contribution in [2.75, 3.05) is 11.6 Å². The van der Waals surface area contributed by atoms with Crippen LogP contribution < -0.4 is 5.01 Å². The lowest BCUT2D eigenvalue weighted by atomic mass is 9.85. The molecule has 2 aromatic carbocycles. The Kier molecular flexibility index (Phi) is 4.58. The molecule has 3 atom stereocenters. The zero-order valence-electron chi connectivity index (χ0n) is 15.8. The Bertz CT molecular complexity index is 848. The van der Waals surface area contributed by atoms with E-state index in [0.717, 1.165) is 17.0 Å². The monoisotopic (exact) mass is 364 g/mol. The number of carbonyl (C=O) groups is 1. The van der Waals surface area contributed by atoms with Gasteiger partial charge < -0.3 is 9.47 Å². The van der Waals surface area contributed by atoms with Gasteiger partial charge in [0.1, 0.15) is 6.04 Å². The van der Waals surface area contributed by atoms with E-state index in [-0.39, 0.29) is 17.8 Å². The molecule has 2 aliphatic heterocycles. The largest absolute Gasteiger partial charge is 0.348 e. The van der Waals surface area contributed by atoms with Gasteiger partial charge in [0, 0.05) is 0 Å². The highest BCUT2D eigenvalue weighted by Crippen LogP contribution is 2.38. The molecular weight excluding hydrogens is 340 g/mol. The quantitative estimate of drug-likeness (QED) is 0.831. The molecule has 0 radical (unpaired) electrons. The lowest BCUT2D eigenvalue weighted by Crippen LogP contribution is -2.46. The van der Waals surface area contributed by atoms with E-state index in [9.17, 15) is 4.79 Å². The average molecular weight is 364 g/mol. The smallest absolute Gasteiger partial charge is 0.163 e. The maximum absolute atomic E-state index is 12.7. The molecule has 140 valence electrons. The van der Waals surface area contributed by atoms with Crippen LogP contribution >= 0.6 is 0 Å². The van der Waals surface area contributed by atoms with Crippen LogP contribution in [0.15, 0.2) is 65.8 Å². The number of ketones is 1. The number of Topliss-reactive ketones (excluding diaryl/α,β-unsaturated/α-hetero) is 1. The van der Waals surface area contributed by atoms with Gasteiger partial charge in [-0.25, -0.2) is 0 Å². The van der Waals surface area contributed by atoms with Crippen LogP contribution in [-0.2, 0) is 14.3 Å². The molecule has 4 rings (SSSR count). The Balaban J connectivity index is 1.80. The van der Waals surface area contributed by atoms with Crippen molar-refractivity contribution < 1.29 is 14.3 Å². The summed E-state index contributed by atoms with van der Waals surface area (Å²) < 4.78 is 12.0. The number of para-hydroxylation sites is 1. The van der Waals surface area contributed by atoms with Crippen LogP contribution in [-0.4, -0.2) is 36.0 Å². The molecule has 2 aliphatic rings. The van der Waals surface area contributed by atoms with E-state index in [1.165, 1.54) is 0 Å². The van der Waals surface area contributed by atoms with Gasteiger partial charge in [-0.05, 0) is 38.5 Å². The van der Waals surface area contributed by atoms with Crippen molar-refractivity contribution in [1.82, 2.24) is 0 Å². The molecule has 2 heterocycles. The van der Waals surface area contributed by atoms with E-state index in [2.05, 4.69) is 0 Å². The molecule has 0 aliphatic carbocycles. The van der Waals surface area contributed by atoms with Crippen molar-refractivity contribution in [2.45, 2.75) is 38.7 Å². The van der Waals surface area contributed by atoms with Crippen molar-refractivity contribution in [3.63, 3.8) is 0 Å². The molecule has 0 N–H and O–H groups in total. The fourth-order valence-electron chi connectivity index (χ4n) is 3.90. The summed E-state index contributed by atoms with van der Waals surface area (Å²) in [4.78, 5) is 12.7. The Morgan fingerprint density at radius 3 is 2.26 bits per heavy atom. The maximum Gasteiger partial charge on any atom is 0.163 e. The summed E-state index contributed by atoms with van der Waals surface area (Å²) in [5.41, 5.74) is 2.76. The summed E-state index contributed by atoms with van der Waals surface area (Å²) in [5.74, 6) is -0.799. The number of anilines is 1. The normalized spacial score (nSPS) is 26.9. The van der Waals surface area contributed by atoms with Gasteiger partial charge in [0.2, 0.25) is 0 Å². The van der Waals surface area contributed by atoms with E-state index < -0.39 is 11.8 Å². The summed E-state index contributed by atoms with van der Waals surface area (Å²) >= 11 is 0. The van der Waals surface area contributed by atoms with Crippen molar-refractivity contribution in [3.05, 3.63) is 66.2 Å². The highest BCUT2D eigenvalue weighted by Gasteiger charge is 2.50. The minimum atomic E-state index is -0.659. The van der Waals surface area contributed by atoms with Gasteiger partial charge in [-0.2, -0.15) is 5.10 Å². The maximum atomic E-state index is 12.7. The number of ether oxygens (including phenoxy) is 2. The summed E-state index contributed by atoms with van der Waals surface area (Å²) in [5, 5.41) is 6.74. The molecule has 1 fully saturated rings. The second-order valence-electron chi connectivity index (χ2n) is 7.48. The van der Waals surface area contributed by atoms with Crippen LogP contribution in [0, 0.1) is 5.92 Å². The first-order valence-electron chi connectivity index (χ1n) is 9.27. The van der Waals surface area contributed by atoms with E-state index in [1.54, 1.807) is 6.92 Å². The molecular formula is C22H24N2O3. The predicted molar refractivity (Wildman–Crippen MR) is 105 cm³/mol. The van der Waals surface area contributed by atoms with E-state index >= 15 is 0 Å². The number of hydrazone groups is 1. The first kappa shape index (κ1) is 17.9. The van der Waals surface area contributed by atoms with Crippen molar-refractivity contribution in [1.29, 1.82) is 0 Å². The van der Waals surface area contributed by atoms with Crippen LogP contribution in [0.3, 0.4) is 0 Å². The van der Waals surface area contributed by atoms with E-state index in [0.29, 0.717) is 6.61 Å². The van der Waals surface area contributed by atoms with Crippen LogP contribution in [0.4, 0.5) is 5.69 Å². The Hall–Kier alpha value is -2.50. The fourth-order valence-corrected chi connectivity index (χ4v) is 3.90. The van der Waals surface area contributed by atoms with Gasteiger partial charge in [0.15, 0.2) is 11.6 Å². The van der Waals surface area contributed by atoms with Crippen LogP contribution in [0.1, 0.15) is 26.3 Å². The molecule has 0 saturated carbocycles. The number of nitrogens with zero attached hydrogens (tertiary/aromatic N) is 2. The number of hydrogen-bond acceptors (Lipinski definition) is 5. The van der Waals surface area contributed by atoms with Gasteiger partial charge in [-0.3, -0.25) is 9.80 Å². The summed E-state index contributed by atoms with van der Waals surface area (Å²) in [6.07, 6.45) is -0.235. The predicted octanol–water partition coefficient (Wildman–Crippen LogP) is 3.64. The van der Waals surface area contributed by atoms with Crippen LogP contribution in [0.25, 0.3) is 0 Å². The standard InChI is InChI=1S/C22H24N2O3/c1-15(25)21-19(18-14-26-22(2,3)27-18)20(16-10-6-4-7-11-16)23-24(21)17-12-8-5-9-13-17/h4-13,18-19,21H,14H2,1-3H3/t18-,19+,21-/m1/s1.